The van der Waals surface area contributed by atoms with Gasteiger partial charge in [0.15, 0.2) is 0 Å². The summed E-state index contributed by atoms with van der Waals surface area (Å²) in [4.78, 5) is 2.36. The fourth-order valence-electron chi connectivity index (χ4n) is 2.09. The van der Waals surface area contributed by atoms with Crippen molar-refractivity contribution in [3.8, 4) is 0 Å². The zero-order valence-corrected chi connectivity index (χ0v) is 12.6. The number of nitrogens with zero attached hydrogens (tertiary/aromatic N) is 1. The third-order valence-electron chi connectivity index (χ3n) is 3.46. The molecule has 3 heteroatoms. The summed E-state index contributed by atoms with van der Waals surface area (Å²) in [5, 5.41) is 0. The molecule has 96 valence electrons. The molecule has 0 aliphatic heterocycles. The fourth-order valence-corrected chi connectivity index (χ4v) is 2.53. The SMILES string of the molecule is CCCC(C)(CN)N(C)Cc1cccc(Br)c1. The minimum Gasteiger partial charge on any atom is -0.329 e. The van der Waals surface area contributed by atoms with Crippen molar-refractivity contribution in [3.63, 3.8) is 0 Å². The first-order valence-electron chi connectivity index (χ1n) is 6.17. The summed E-state index contributed by atoms with van der Waals surface area (Å²) in [5.74, 6) is 0. The lowest BCUT2D eigenvalue weighted by Crippen LogP contribution is -2.49. The van der Waals surface area contributed by atoms with Crippen LogP contribution in [0.3, 0.4) is 0 Å². The minimum absolute atomic E-state index is 0.0943. The van der Waals surface area contributed by atoms with Crippen LogP contribution in [0.25, 0.3) is 0 Å². The molecule has 17 heavy (non-hydrogen) atoms. The first kappa shape index (κ1) is 14.7. The van der Waals surface area contributed by atoms with Crippen molar-refractivity contribution in [2.45, 2.75) is 38.8 Å². The van der Waals surface area contributed by atoms with Gasteiger partial charge in [0.1, 0.15) is 0 Å². The number of benzene rings is 1. The highest BCUT2D eigenvalue weighted by molar-refractivity contribution is 9.10. The van der Waals surface area contributed by atoms with Gasteiger partial charge in [0.05, 0.1) is 0 Å². The molecule has 0 heterocycles. The van der Waals surface area contributed by atoms with Crippen LogP contribution >= 0.6 is 15.9 Å². The van der Waals surface area contributed by atoms with E-state index in [4.69, 9.17) is 5.73 Å². The lowest BCUT2D eigenvalue weighted by molar-refractivity contribution is 0.125. The lowest BCUT2D eigenvalue weighted by Gasteiger charge is -2.38. The number of likely N-dealkylation sites (N-methyl/N-ethyl adjacent to an activating group) is 1. The van der Waals surface area contributed by atoms with Crippen LogP contribution in [0.5, 0.6) is 0 Å². The summed E-state index contributed by atoms with van der Waals surface area (Å²) in [6.07, 6.45) is 2.30. The molecule has 0 aliphatic rings. The molecular formula is C14H23BrN2. The highest BCUT2D eigenvalue weighted by Crippen LogP contribution is 2.22. The molecule has 2 N–H and O–H groups in total. The Morgan fingerprint density at radius 1 is 1.41 bits per heavy atom. The maximum atomic E-state index is 5.93. The molecule has 0 amide bonds. The molecule has 0 fully saturated rings. The molecule has 1 rings (SSSR count). The van der Waals surface area contributed by atoms with Gasteiger partial charge in [-0.3, -0.25) is 4.90 Å². The number of hydrogen-bond donors (Lipinski definition) is 1. The summed E-state index contributed by atoms with van der Waals surface area (Å²) in [7, 11) is 2.16. The Balaban J connectivity index is 2.73. The van der Waals surface area contributed by atoms with Crippen molar-refractivity contribution < 1.29 is 0 Å². The standard InChI is InChI=1S/C14H23BrN2/c1-4-8-14(2,11-16)17(3)10-12-6-5-7-13(15)9-12/h5-7,9H,4,8,10-11,16H2,1-3H3. The van der Waals surface area contributed by atoms with E-state index < -0.39 is 0 Å². The second kappa shape index (κ2) is 6.53. The van der Waals surface area contributed by atoms with Crippen LogP contribution in [0, 0.1) is 0 Å². The van der Waals surface area contributed by atoms with Crippen LogP contribution in [-0.4, -0.2) is 24.0 Å². The predicted octanol–water partition coefficient (Wildman–Crippen LogP) is 3.40. The first-order chi connectivity index (χ1) is 8.01. The van der Waals surface area contributed by atoms with Crippen molar-refractivity contribution in [1.29, 1.82) is 0 Å². The first-order valence-corrected chi connectivity index (χ1v) is 6.97. The summed E-state index contributed by atoms with van der Waals surface area (Å²) in [6, 6.07) is 8.45. The molecule has 1 aromatic rings. The molecule has 0 spiro atoms. The normalized spacial score (nSPS) is 14.9. The summed E-state index contributed by atoms with van der Waals surface area (Å²) < 4.78 is 1.13. The molecule has 0 saturated carbocycles. The van der Waals surface area contributed by atoms with Crippen LogP contribution in [0.15, 0.2) is 28.7 Å². The Morgan fingerprint density at radius 2 is 2.12 bits per heavy atom. The molecule has 1 unspecified atom stereocenters. The molecule has 0 bridgehead atoms. The third-order valence-corrected chi connectivity index (χ3v) is 3.95. The van der Waals surface area contributed by atoms with Crippen LogP contribution in [0.1, 0.15) is 32.3 Å². The summed E-state index contributed by atoms with van der Waals surface area (Å²) >= 11 is 3.51. The Hall–Kier alpha value is -0.380. The average Bonchev–Trinajstić information content (AvgIpc) is 2.29. The van der Waals surface area contributed by atoms with E-state index in [1.807, 2.05) is 0 Å². The van der Waals surface area contributed by atoms with Crippen LogP contribution in [0.4, 0.5) is 0 Å². The second-order valence-electron chi connectivity index (χ2n) is 4.94. The average molecular weight is 299 g/mol. The van der Waals surface area contributed by atoms with E-state index in [-0.39, 0.29) is 5.54 Å². The Morgan fingerprint density at radius 3 is 2.65 bits per heavy atom. The molecular weight excluding hydrogens is 276 g/mol. The van der Waals surface area contributed by atoms with Gasteiger partial charge in [-0.1, -0.05) is 41.4 Å². The van der Waals surface area contributed by atoms with E-state index in [1.165, 1.54) is 5.56 Å². The topological polar surface area (TPSA) is 29.3 Å². The van der Waals surface area contributed by atoms with Gasteiger partial charge in [-0.2, -0.15) is 0 Å². The molecule has 1 atom stereocenters. The van der Waals surface area contributed by atoms with Gasteiger partial charge < -0.3 is 5.73 Å². The number of nitrogens with two attached hydrogens (primary N) is 1. The predicted molar refractivity (Wildman–Crippen MR) is 78.0 cm³/mol. The van der Waals surface area contributed by atoms with E-state index in [1.54, 1.807) is 0 Å². The highest BCUT2D eigenvalue weighted by atomic mass is 79.9. The van der Waals surface area contributed by atoms with Gasteiger partial charge in [0.25, 0.3) is 0 Å². The van der Waals surface area contributed by atoms with E-state index in [0.717, 1.165) is 23.9 Å². The van der Waals surface area contributed by atoms with Crippen LogP contribution in [-0.2, 0) is 6.54 Å². The monoisotopic (exact) mass is 298 g/mol. The smallest absolute Gasteiger partial charge is 0.0304 e. The van der Waals surface area contributed by atoms with E-state index in [0.29, 0.717) is 6.54 Å². The number of halogens is 1. The van der Waals surface area contributed by atoms with Crippen LogP contribution < -0.4 is 5.73 Å². The van der Waals surface area contributed by atoms with Gasteiger partial charge >= 0.3 is 0 Å². The third kappa shape index (κ3) is 4.09. The Bertz CT molecular complexity index is 354. The maximum Gasteiger partial charge on any atom is 0.0304 e. The van der Waals surface area contributed by atoms with Gasteiger partial charge in [0.2, 0.25) is 0 Å². The highest BCUT2D eigenvalue weighted by Gasteiger charge is 2.26. The van der Waals surface area contributed by atoms with Gasteiger partial charge in [-0.25, -0.2) is 0 Å². The Kier molecular flexibility index (Phi) is 5.63. The summed E-state index contributed by atoms with van der Waals surface area (Å²) in [6.45, 7) is 6.09. The zero-order valence-electron chi connectivity index (χ0n) is 11.0. The minimum atomic E-state index is 0.0943. The molecule has 1 aromatic carbocycles. The molecule has 0 radical (unpaired) electrons. The van der Waals surface area contributed by atoms with Crippen molar-refractivity contribution in [1.82, 2.24) is 4.90 Å². The van der Waals surface area contributed by atoms with Gasteiger partial charge in [0, 0.05) is 23.1 Å². The Labute approximate surface area is 113 Å². The number of hydrogen-bond acceptors (Lipinski definition) is 2. The molecule has 0 saturated heterocycles. The van der Waals surface area contributed by atoms with Gasteiger partial charge in [-0.05, 0) is 38.1 Å². The van der Waals surface area contributed by atoms with Crippen LogP contribution in [0.2, 0.25) is 0 Å². The molecule has 0 aromatic heterocycles. The number of rotatable bonds is 6. The van der Waals surface area contributed by atoms with Crippen molar-refractivity contribution >= 4 is 15.9 Å². The van der Waals surface area contributed by atoms with Crippen molar-refractivity contribution in [2.75, 3.05) is 13.6 Å². The largest absolute Gasteiger partial charge is 0.329 e. The van der Waals surface area contributed by atoms with E-state index >= 15 is 0 Å². The van der Waals surface area contributed by atoms with E-state index in [9.17, 15) is 0 Å². The summed E-state index contributed by atoms with van der Waals surface area (Å²) in [5.41, 5.74) is 7.34. The molecule has 0 aliphatic carbocycles. The lowest BCUT2D eigenvalue weighted by atomic mass is 9.94. The maximum absolute atomic E-state index is 5.93. The zero-order chi connectivity index (χ0) is 12.9. The van der Waals surface area contributed by atoms with Crippen molar-refractivity contribution in [2.24, 2.45) is 5.73 Å². The second-order valence-corrected chi connectivity index (χ2v) is 5.85. The quantitative estimate of drug-likeness (QED) is 0.872. The van der Waals surface area contributed by atoms with Gasteiger partial charge in [-0.15, -0.1) is 0 Å². The molecule has 2 nitrogen and oxygen atoms in total. The van der Waals surface area contributed by atoms with Crippen molar-refractivity contribution in [3.05, 3.63) is 34.3 Å². The van der Waals surface area contributed by atoms with E-state index in [2.05, 4.69) is 66.0 Å². The fraction of sp³-hybridized carbons (Fsp3) is 0.571.